The molecular formula is C14H20N2O. The van der Waals surface area contributed by atoms with E-state index in [2.05, 4.69) is 11.5 Å². The standard InChI is InChI=1S/C14H20N2O/c1-11(16-8-4-3-5-9-16)13-7-6-12(15)10-14(13)17-2/h6-7,10H,1,3-5,8-9,15H2,2H3. The summed E-state index contributed by atoms with van der Waals surface area (Å²) in [7, 11) is 1.67. The second kappa shape index (κ2) is 5.13. The van der Waals surface area contributed by atoms with Crippen LogP contribution in [0.4, 0.5) is 5.69 Å². The van der Waals surface area contributed by atoms with Crippen LogP contribution in [0.2, 0.25) is 0 Å². The first kappa shape index (κ1) is 11.8. The zero-order chi connectivity index (χ0) is 12.3. The zero-order valence-corrected chi connectivity index (χ0v) is 10.4. The third kappa shape index (κ3) is 2.54. The van der Waals surface area contributed by atoms with Crippen molar-refractivity contribution < 1.29 is 4.74 Å². The van der Waals surface area contributed by atoms with E-state index >= 15 is 0 Å². The molecule has 2 rings (SSSR count). The van der Waals surface area contributed by atoms with Gasteiger partial charge in [0.1, 0.15) is 5.75 Å². The molecule has 3 heteroatoms. The van der Waals surface area contributed by atoms with Gasteiger partial charge >= 0.3 is 0 Å². The van der Waals surface area contributed by atoms with E-state index in [1.54, 1.807) is 7.11 Å². The van der Waals surface area contributed by atoms with E-state index in [0.29, 0.717) is 0 Å². The fourth-order valence-corrected chi connectivity index (χ4v) is 2.28. The fourth-order valence-electron chi connectivity index (χ4n) is 2.28. The minimum atomic E-state index is 0.719. The molecule has 17 heavy (non-hydrogen) atoms. The van der Waals surface area contributed by atoms with Crippen LogP contribution < -0.4 is 10.5 Å². The molecule has 0 bridgehead atoms. The molecular weight excluding hydrogens is 212 g/mol. The Bertz CT molecular complexity index is 409. The molecule has 0 spiro atoms. The predicted octanol–water partition coefficient (Wildman–Crippen LogP) is 2.73. The summed E-state index contributed by atoms with van der Waals surface area (Å²) in [6.45, 7) is 6.37. The van der Waals surface area contributed by atoms with Crippen molar-refractivity contribution in [2.75, 3.05) is 25.9 Å². The lowest BCUT2D eigenvalue weighted by molar-refractivity contribution is 0.324. The number of benzene rings is 1. The molecule has 1 aromatic carbocycles. The lowest BCUT2D eigenvalue weighted by Gasteiger charge is -2.31. The highest BCUT2D eigenvalue weighted by Crippen LogP contribution is 2.30. The van der Waals surface area contributed by atoms with E-state index in [1.807, 2.05) is 18.2 Å². The van der Waals surface area contributed by atoms with Gasteiger partial charge in [0.05, 0.1) is 7.11 Å². The summed E-state index contributed by atoms with van der Waals surface area (Å²) < 4.78 is 5.37. The third-order valence-electron chi connectivity index (χ3n) is 3.27. The molecule has 0 radical (unpaired) electrons. The summed E-state index contributed by atoms with van der Waals surface area (Å²) in [5, 5.41) is 0. The monoisotopic (exact) mass is 232 g/mol. The van der Waals surface area contributed by atoms with Gasteiger partial charge in [-0.05, 0) is 31.4 Å². The number of anilines is 1. The molecule has 0 aliphatic carbocycles. The van der Waals surface area contributed by atoms with Crippen LogP contribution >= 0.6 is 0 Å². The molecule has 0 amide bonds. The van der Waals surface area contributed by atoms with Crippen LogP contribution in [0, 0.1) is 0 Å². The fraction of sp³-hybridized carbons (Fsp3) is 0.429. The average Bonchev–Trinajstić information content (AvgIpc) is 2.39. The van der Waals surface area contributed by atoms with E-state index in [1.165, 1.54) is 19.3 Å². The van der Waals surface area contributed by atoms with Gasteiger partial charge in [0.25, 0.3) is 0 Å². The highest BCUT2D eigenvalue weighted by atomic mass is 16.5. The van der Waals surface area contributed by atoms with Gasteiger partial charge in [0, 0.05) is 36.1 Å². The van der Waals surface area contributed by atoms with Crippen molar-refractivity contribution in [3.05, 3.63) is 30.3 Å². The maximum atomic E-state index is 5.76. The van der Waals surface area contributed by atoms with E-state index in [4.69, 9.17) is 10.5 Å². The SMILES string of the molecule is C=C(c1ccc(N)cc1OC)N1CCCCC1. The molecule has 1 heterocycles. The second-order valence-electron chi connectivity index (χ2n) is 4.45. The Morgan fingerprint density at radius 3 is 2.65 bits per heavy atom. The first-order chi connectivity index (χ1) is 8.22. The van der Waals surface area contributed by atoms with E-state index in [9.17, 15) is 0 Å². The molecule has 3 nitrogen and oxygen atoms in total. The van der Waals surface area contributed by atoms with Crippen LogP contribution in [0.1, 0.15) is 24.8 Å². The van der Waals surface area contributed by atoms with Gasteiger partial charge in [0.2, 0.25) is 0 Å². The van der Waals surface area contributed by atoms with E-state index in [-0.39, 0.29) is 0 Å². The molecule has 0 atom stereocenters. The summed E-state index contributed by atoms with van der Waals surface area (Å²) in [6, 6.07) is 5.74. The first-order valence-electron chi connectivity index (χ1n) is 6.10. The highest BCUT2D eigenvalue weighted by Gasteiger charge is 2.16. The van der Waals surface area contributed by atoms with Gasteiger partial charge in [-0.15, -0.1) is 0 Å². The molecule has 1 fully saturated rings. The number of nitrogens with two attached hydrogens (primary N) is 1. The van der Waals surface area contributed by atoms with Gasteiger partial charge in [-0.2, -0.15) is 0 Å². The van der Waals surface area contributed by atoms with Crippen molar-refractivity contribution in [2.24, 2.45) is 0 Å². The number of likely N-dealkylation sites (tertiary alicyclic amines) is 1. The summed E-state index contributed by atoms with van der Waals surface area (Å²) in [5.74, 6) is 0.806. The average molecular weight is 232 g/mol. The maximum absolute atomic E-state index is 5.76. The summed E-state index contributed by atoms with van der Waals surface area (Å²) >= 11 is 0. The van der Waals surface area contributed by atoms with E-state index in [0.717, 1.165) is 35.8 Å². The number of ether oxygens (including phenoxy) is 1. The van der Waals surface area contributed by atoms with Gasteiger partial charge in [-0.3, -0.25) is 0 Å². The molecule has 1 saturated heterocycles. The molecule has 0 saturated carbocycles. The molecule has 2 N–H and O–H groups in total. The van der Waals surface area contributed by atoms with Crippen LogP contribution in [0.15, 0.2) is 24.8 Å². The van der Waals surface area contributed by atoms with Crippen LogP contribution in [-0.2, 0) is 0 Å². The number of nitrogens with zero attached hydrogens (tertiary/aromatic N) is 1. The Morgan fingerprint density at radius 1 is 1.29 bits per heavy atom. The van der Waals surface area contributed by atoms with Crippen molar-refractivity contribution in [3.63, 3.8) is 0 Å². The van der Waals surface area contributed by atoms with Crippen LogP contribution in [-0.4, -0.2) is 25.1 Å². The largest absolute Gasteiger partial charge is 0.496 e. The Kier molecular flexibility index (Phi) is 3.57. The Hall–Kier alpha value is -1.64. The summed E-state index contributed by atoms with van der Waals surface area (Å²) in [4.78, 5) is 2.33. The van der Waals surface area contributed by atoms with Crippen molar-refractivity contribution in [2.45, 2.75) is 19.3 Å². The number of hydrogen-bond donors (Lipinski definition) is 1. The minimum absolute atomic E-state index is 0.719. The highest BCUT2D eigenvalue weighted by molar-refractivity contribution is 5.70. The second-order valence-corrected chi connectivity index (χ2v) is 4.45. The van der Waals surface area contributed by atoms with Gasteiger partial charge < -0.3 is 15.4 Å². The molecule has 92 valence electrons. The van der Waals surface area contributed by atoms with Crippen LogP contribution in [0.3, 0.4) is 0 Å². The van der Waals surface area contributed by atoms with Crippen molar-refractivity contribution in [1.29, 1.82) is 0 Å². The smallest absolute Gasteiger partial charge is 0.130 e. The number of methoxy groups -OCH3 is 1. The summed E-state index contributed by atoms with van der Waals surface area (Å²) in [5.41, 5.74) is 8.57. The van der Waals surface area contributed by atoms with Crippen molar-refractivity contribution >= 4 is 11.4 Å². The first-order valence-corrected chi connectivity index (χ1v) is 6.10. The number of rotatable bonds is 3. The third-order valence-corrected chi connectivity index (χ3v) is 3.27. The number of hydrogen-bond acceptors (Lipinski definition) is 3. The lowest BCUT2D eigenvalue weighted by Crippen LogP contribution is -2.27. The Labute approximate surface area is 103 Å². The summed E-state index contributed by atoms with van der Waals surface area (Å²) in [6.07, 6.45) is 3.81. The Balaban J connectivity index is 2.23. The van der Waals surface area contributed by atoms with E-state index < -0.39 is 0 Å². The lowest BCUT2D eigenvalue weighted by atomic mass is 10.1. The molecule has 1 aliphatic heterocycles. The minimum Gasteiger partial charge on any atom is -0.496 e. The van der Waals surface area contributed by atoms with Crippen molar-refractivity contribution in [1.82, 2.24) is 4.90 Å². The molecule has 0 aromatic heterocycles. The van der Waals surface area contributed by atoms with Gasteiger partial charge in [0.15, 0.2) is 0 Å². The maximum Gasteiger partial charge on any atom is 0.130 e. The van der Waals surface area contributed by atoms with Crippen molar-refractivity contribution in [3.8, 4) is 5.75 Å². The number of nitrogen functional groups attached to an aromatic ring is 1. The Morgan fingerprint density at radius 2 is 2.00 bits per heavy atom. The van der Waals surface area contributed by atoms with Gasteiger partial charge in [-0.1, -0.05) is 6.58 Å². The van der Waals surface area contributed by atoms with Crippen LogP contribution in [0.25, 0.3) is 5.70 Å². The van der Waals surface area contributed by atoms with Crippen LogP contribution in [0.5, 0.6) is 5.75 Å². The topological polar surface area (TPSA) is 38.5 Å². The normalized spacial score (nSPS) is 15.7. The predicted molar refractivity (Wildman–Crippen MR) is 71.9 cm³/mol. The van der Waals surface area contributed by atoms with Gasteiger partial charge in [-0.25, -0.2) is 0 Å². The molecule has 1 aromatic rings. The zero-order valence-electron chi connectivity index (χ0n) is 10.4. The molecule has 0 unspecified atom stereocenters. The molecule has 1 aliphatic rings. The quantitative estimate of drug-likeness (QED) is 0.814. The number of piperidine rings is 1.